The lowest BCUT2D eigenvalue weighted by atomic mass is 10.2. The van der Waals surface area contributed by atoms with Crippen molar-refractivity contribution in [1.29, 1.82) is 0 Å². The predicted molar refractivity (Wildman–Crippen MR) is 78.0 cm³/mol. The normalized spacial score (nSPS) is 13.6. The molecule has 0 N–H and O–H groups in total. The molecule has 0 amide bonds. The summed E-state index contributed by atoms with van der Waals surface area (Å²) in [7, 11) is 4.77. The van der Waals surface area contributed by atoms with Gasteiger partial charge in [0.1, 0.15) is 10.6 Å². The average Bonchev–Trinajstić information content (AvgIpc) is 2.77. The Bertz CT molecular complexity index is 723. The summed E-state index contributed by atoms with van der Waals surface area (Å²) in [5, 5.41) is 0.494. The number of halogens is 1. The Morgan fingerprint density at radius 1 is 1.35 bits per heavy atom. The lowest BCUT2D eigenvalue weighted by Gasteiger charge is -2.11. The maximum atomic E-state index is 11.7. The zero-order chi connectivity index (χ0) is 14.9. The molecule has 1 aromatic carbocycles. The van der Waals surface area contributed by atoms with Gasteiger partial charge >= 0.3 is 0 Å². The number of fused-ring (bicyclic) bond motifs is 1. The van der Waals surface area contributed by atoms with E-state index in [-0.39, 0.29) is 11.0 Å². The second-order valence-electron chi connectivity index (χ2n) is 4.48. The third-order valence-electron chi connectivity index (χ3n) is 3.17. The Hall–Kier alpha value is -1.24. The smallest absolute Gasteiger partial charge is 0.263 e. The van der Waals surface area contributed by atoms with Gasteiger partial charge in [0.05, 0.1) is 24.1 Å². The average molecular weight is 318 g/mol. The maximum Gasteiger partial charge on any atom is 0.263 e. The Morgan fingerprint density at radius 2 is 2.05 bits per heavy atom. The molecule has 0 aliphatic rings. The minimum Gasteiger partial charge on any atom is -0.496 e. The summed E-state index contributed by atoms with van der Waals surface area (Å²) in [6.07, 6.45) is 1.47. The molecule has 1 unspecified atom stereocenters. The van der Waals surface area contributed by atoms with Crippen molar-refractivity contribution < 1.29 is 17.9 Å². The van der Waals surface area contributed by atoms with E-state index < -0.39 is 9.05 Å². The van der Waals surface area contributed by atoms with Gasteiger partial charge in [-0.2, -0.15) is 0 Å². The van der Waals surface area contributed by atoms with E-state index in [4.69, 9.17) is 20.2 Å². The largest absolute Gasteiger partial charge is 0.496 e. The van der Waals surface area contributed by atoms with E-state index in [1.165, 1.54) is 13.3 Å². The second kappa shape index (κ2) is 5.63. The number of aromatic nitrogens is 1. The molecule has 20 heavy (non-hydrogen) atoms. The molecular formula is C13H16ClNO4S. The Labute approximate surface area is 122 Å². The Kier molecular flexibility index (Phi) is 4.27. The van der Waals surface area contributed by atoms with Crippen LogP contribution in [0.2, 0.25) is 0 Å². The highest BCUT2D eigenvalue weighted by Crippen LogP contribution is 2.35. The highest BCUT2D eigenvalue weighted by atomic mass is 35.7. The molecule has 0 spiro atoms. The van der Waals surface area contributed by atoms with Crippen molar-refractivity contribution >= 4 is 30.6 Å². The molecule has 1 aromatic heterocycles. The monoisotopic (exact) mass is 317 g/mol. The molecule has 0 saturated carbocycles. The van der Waals surface area contributed by atoms with Gasteiger partial charge in [0.15, 0.2) is 0 Å². The number of benzene rings is 1. The SMILES string of the molecule is COc1cccc2c1c(S(=O)(=O)Cl)cn2CC(C)OC. The van der Waals surface area contributed by atoms with Crippen LogP contribution in [0, 0.1) is 0 Å². The van der Waals surface area contributed by atoms with Crippen LogP contribution in [0.25, 0.3) is 10.9 Å². The van der Waals surface area contributed by atoms with E-state index in [0.717, 1.165) is 5.52 Å². The summed E-state index contributed by atoms with van der Waals surface area (Å²) in [5.41, 5.74) is 0.743. The van der Waals surface area contributed by atoms with Crippen LogP contribution in [0.1, 0.15) is 6.92 Å². The summed E-state index contributed by atoms with van der Waals surface area (Å²) in [5.74, 6) is 0.477. The van der Waals surface area contributed by atoms with Crippen molar-refractivity contribution in [3.8, 4) is 5.75 Å². The molecule has 0 aliphatic heterocycles. The summed E-state index contributed by atoms with van der Waals surface area (Å²) >= 11 is 0. The Morgan fingerprint density at radius 3 is 2.60 bits per heavy atom. The van der Waals surface area contributed by atoms with Crippen LogP contribution in [0.5, 0.6) is 5.75 Å². The van der Waals surface area contributed by atoms with E-state index in [9.17, 15) is 8.42 Å². The molecular weight excluding hydrogens is 302 g/mol. The van der Waals surface area contributed by atoms with Gasteiger partial charge < -0.3 is 14.0 Å². The maximum absolute atomic E-state index is 11.7. The van der Waals surface area contributed by atoms with E-state index in [2.05, 4.69) is 0 Å². The number of hydrogen-bond donors (Lipinski definition) is 0. The molecule has 0 aliphatic carbocycles. The van der Waals surface area contributed by atoms with Crippen molar-refractivity contribution in [1.82, 2.24) is 4.57 Å². The lowest BCUT2D eigenvalue weighted by molar-refractivity contribution is 0.104. The van der Waals surface area contributed by atoms with E-state index in [0.29, 0.717) is 17.7 Å². The molecule has 1 heterocycles. The number of hydrogen-bond acceptors (Lipinski definition) is 4. The molecule has 1 atom stereocenters. The fourth-order valence-electron chi connectivity index (χ4n) is 2.14. The van der Waals surface area contributed by atoms with Crippen molar-refractivity contribution in [2.24, 2.45) is 0 Å². The van der Waals surface area contributed by atoms with Crippen LogP contribution in [-0.4, -0.2) is 33.3 Å². The first-order valence-corrected chi connectivity index (χ1v) is 8.32. The lowest BCUT2D eigenvalue weighted by Crippen LogP contribution is -2.13. The molecule has 0 saturated heterocycles. The summed E-state index contributed by atoms with van der Waals surface area (Å²) < 4.78 is 35.8. The molecule has 7 heteroatoms. The number of ether oxygens (including phenoxy) is 2. The van der Waals surface area contributed by atoms with E-state index in [1.807, 2.05) is 13.0 Å². The molecule has 2 rings (SSSR count). The Balaban J connectivity index is 2.73. The van der Waals surface area contributed by atoms with Crippen molar-refractivity contribution in [3.63, 3.8) is 0 Å². The van der Waals surface area contributed by atoms with Gasteiger partial charge in [-0.25, -0.2) is 8.42 Å². The second-order valence-corrected chi connectivity index (χ2v) is 7.02. The fourth-order valence-corrected chi connectivity index (χ4v) is 3.19. The third kappa shape index (κ3) is 2.77. The standard InChI is InChI=1S/C13H16ClNO4S/c1-9(18-2)7-15-8-12(20(14,16)17)13-10(15)5-4-6-11(13)19-3/h4-6,8-9H,7H2,1-3H3. The van der Waals surface area contributed by atoms with Gasteiger partial charge in [0.2, 0.25) is 0 Å². The quantitative estimate of drug-likeness (QED) is 0.795. The van der Waals surface area contributed by atoms with Gasteiger partial charge in [-0.3, -0.25) is 0 Å². The van der Waals surface area contributed by atoms with Crippen molar-refractivity contribution in [2.75, 3.05) is 14.2 Å². The van der Waals surface area contributed by atoms with Crippen molar-refractivity contribution in [3.05, 3.63) is 24.4 Å². The first-order valence-electron chi connectivity index (χ1n) is 6.01. The van der Waals surface area contributed by atoms with Crippen LogP contribution in [-0.2, 0) is 20.3 Å². The minimum absolute atomic E-state index is 0.0509. The van der Waals surface area contributed by atoms with Crippen LogP contribution in [0.4, 0.5) is 0 Å². The van der Waals surface area contributed by atoms with E-state index in [1.54, 1.807) is 23.8 Å². The molecule has 0 fully saturated rings. The number of nitrogens with zero attached hydrogens (tertiary/aromatic N) is 1. The molecule has 2 aromatic rings. The highest BCUT2D eigenvalue weighted by molar-refractivity contribution is 8.14. The first-order chi connectivity index (χ1) is 9.38. The zero-order valence-corrected chi connectivity index (χ0v) is 13.0. The van der Waals surface area contributed by atoms with Gasteiger partial charge in [-0.1, -0.05) is 6.07 Å². The van der Waals surface area contributed by atoms with E-state index >= 15 is 0 Å². The van der Waals surface area contributed by atoms with Crippen molar-refractivity contribution in [2.45, 2.75) is 24.5 Å². The minimum atomic E-state index is -3.85. The number of methoxy groups -OCH3 is 2. The zero-order valence-electron chi connectivity index (χ0n) is 11.5. The van der Waals surface area contributed by atoms with Gasteiger partial charge in [-0.15, -0.1) is 0 Å². The predicted octanol–water partition coefficient (Wildman–Crippen LogP) is 2.61. The van der Waals surface area contributed by atoms with Crippen LogP contribution in [0.3, 0.4) is 0 Å². The molecule has 5 nitrogen and oxygen atoms in total. The molecule has 0 bridgehead atoms. The van der Waals surface area contributed by atoms with Gasteiger partial charge in [0, 0.05) is 30.5 Å². The highest BCUT2D eigenvalue weighted by Gasteiger charge is 2.22. The van der Waals surface area contributed by atoms with Crippen LogP contribution >= 0.6 is 10.7 Å². The summed E-state index contributed by atoms with van der Waals surface area (Å²) in [6, 6.07) is 5.34. The van der Waals surface area contributed by atoms with Gasteiger partial charge in [0.25, 0.3) is 9.05 Å². The van der Waals surface area contributed by atoms with Crippen LogP contribution in [0.15, 0.2) is 29.3 Å². The van der Waals surface area contributed by atoms with Crippen LogP contribution < -0.4 is 4.74 Å². The number of rotatable bonds is 5. The fraction of sp³-hybridized carbons (Fsp3) is 0.385. The van der Waals surface area contributed by atoms with Gasteiger partial charge in [-0.05, 0) is 19.1 Å². The molecule has 0 radical (unpaired) electrons. The molecule has 110 valence electrons. The third-order valence-corrected chi connectivity index (χ3v) is 4.51. The summed E-state index contributed by atoms with van der Waals surface area (Å²) in [4.78, 5) is 0.0509. The topological polar surface area (TPSA) is 57.5 Å². The summed E-state index contributed by atoms with van der Waals surface area (Å²) in [6.45, 7) is 2.42. The first kappa shape index (κ1) is 15.2.